The Kier molecular flexibility index (Phi) is 6.05. The van der Waals surface area contributed by atoms with Crippen LogP contribution in [0.1, 0.15) is 32.4 Å². The highest BCUT2D eigenvalue weighted by Crippen LogP contribution is 2.35. The summed E-state index contributed by atoms with van der Waals surface area (Å²) in [5.41, 5.74) is 0.792. The molecule has 0 fully saturated rings. The number of hydrogen-bond donors (Lipinski definition) is 1. The normalized spacial score (nSPS) is 16.6. The van der Waals surface area contributed by atoms with E-state index in [0.717, 1.165) is 6.07 Å². The molecule has 2 aromatic rings. The molecule has 30 heavy (non-hydrogen) atoms. The van der Waals surface area contributed by atoms with Crippen LogP contribution in [0.5, 0.6) is 5.75 Å². The Morgan fingerprint density at radius 2 is 1.80 bits per heavy atom. The quantitative estimate of drug-likeness (QED) is 0.731. The van der Waals surface area contributed by atoms with Crippen molar-refractivity contribution in [3.63, 3.8) is 0 Å². The molecule has 2 aromatic carbocycles. The number of carbonyl (C=O) groups excluding carboxylic acids is 2. The Labute approximate surface area is 173 Å². The number of methoxy groups -OCH3 is 1. The minimum absolute atomic E-state index is 0.0332. The first kappa shape index (κ1) is 21.3. The Morgan fingerprint density at radius 1 is 1.13 bits per heavy atom. The highest BCUT2D eigenvalue weighted by molar-refractivity contribution is 6.03. The number of nitrogens with zero attached hydrogens (tertiary/aromatic N) is 1. The van der Waals surface area contributed by atoms with E-state index in [9.17, 15) is 18.4 Å². The first-order valence-corrected chi connectivity index (χ1v) is 9.34. The molecule has 0 spiro atoms. The van der Waals surface area contributed by atoms with Crippen LogP contribution in [0.2, 0.25) is 0 Å². The first-order valence-electron chi connectivity index (χ1n) is 9.34. The number of carbonyl (C=O) groups is 2. The predicted molar refractivity (Wildman–Crippen MR) is 107 cm³/mol. The molecule has 0 saturated carbocycles. The maximum absolute atomic E-state index is 14.5. The number of allylic oxidation sites excluding steroid dienone is 1. The van der Waals surface area contributed by atoms with Crippen LogP contribution in [0.25, 0.3) is 0 Å². The summed E-state index contributed by atoms with van der Waals surface area (Å²) in [7, 11) is 1.52. The van der Waals surface area contributed by atoms with Gasteiger partial charge in [0.25, 0.3) is 0 Å². The van der Waals surface area contributed by atoms with Crippen LogP contribution in [0.15, 0.2) is 53.7 Å². The molecule has 0 radical (unpaired) electrons. The van der Waals surface area contributed by atoms with Crippen LogP contribution in [-0.2, 0) is 9.53 Å². The van der Waals surface area contributed by atoms with Gasteiger partial charge >= 0.3 is 12.0 Å². The number of amides is 2. The third-order valence-corrected chi connectivity index (χ3v) is 4.65. The highest BCUT2D eigenvalue weighted by atomic mass is 19.1. The van der Waals surface area contributed by atoms with Crippen molar-refractivity contribution in [1.82, 2.24) is 5.32 Å². The summed E-state index contributed by atoms with van der Waals surface area (Å²) in [6, 6.07) is 7.96. The van der Waals surface area contributed by atoms with Crippen LogP contribution in [0, 0.1) is 11.6 Å². The summed E-state index contributed by atoms with van der Waals surface area (Å²) in [5, 5.41) is 2.64. The van der Waals surface area contributed by atoms with Crippen LogP contribution in [-0.4, -0.2) is 25.2 Å². The van der Waals surface area contributed by atoms with E-state index in [1.807, 2.05) is 0 Å². The van der Waals surface area contributed by atoms with Gasteiger partial charge in [0, 0.05) is 17.3 Å². The van der Waals surface area contributed by atoms with Crippen molar-refractivity contribution in [2.24, 2.45) is 0 Å². The SMILES string of the molecule is COc1ccc(N2C(=O)NC(c3ccc(F)cc3F)C(C(=O)OC(C)C)=C2C)cc1. The van der Waals surface area contributed by atoms with Gasteiger partial charge < -0.3 is 14.8 Å². The molecule has 8 heteroatoms. The fourth-order valence-corrected chi connectivity index (χ4v) is 3.30. The molecule has 0 bridgehead atoms. The Balaban J connectivity index is 2.13. The topological polar surface area (TPSA) is 67.9 Å². The first-order chi connectivity index (χ1) is 14.2. The van der Waals surface area contributed by atoms with Crippen molar-refractivity contribution in [2.45, 2.75) is 32.9 Å². The Morgan fingerprint density at radius 3 is 2.37 bits per heavy atom. The zero-order chi connectivity index (χ0) is 22.0. The summed E-state index contributed by atoms with van der Waals surface area (Å²) >= 11 is 0. The van der Waals surface area contributed by atoms with Crippen LogP contribution < -0.4 is 15.0 Å². The summed E-state index contributed by atoms with van der Waals surface area (Å²) < 4.78 is 38.4. The van der Waals surface area contributed by atoms with Crippen LogP contribution >= 0.6 is 0 Å². The minimum atomic E-state index is -1.13. The number of hydrogen-bond acceptors (Lipinski definition) is 4. The summed E-state index contributed by atoms with van der Waals surface area (Å²) in [6.07, 6.45) is -0.427. The second-order valence-corrected chi connectivity index (χ2v) is 7.03. The summed E-state index contributed by atoms with van der Waals surface area (Å²) in [4.78, 5) is 27.1. The van der Waals surface area contributed by atoms with E-state index in [-0.39, 0.29) is 16.8 Å². The average molecular weight is 416 g/mol. The number of nitrogens with one attached hydrogen (secondary N) is 1. The molecule has 0 aromatic heterocycles. The fourth-order valence-electron chi connectivity index (χ4n) is 3.30. The maximum Gasteiger partial charge on any atom is 0.338 e. The molecule has 1 aliphatic rings. The number of rotatable bonds is 5. The lowest BCUT2D eigenvalue weighted by Crippen LogP contribution is -2.48. The molecule has 0 aliphatic carbocycles. The van der Waals surface area contributed by atoms with E-state index < -0.39 is 35.8 Å². The molecule has 1 unspecified atom stereocenters. The molecule has 3 rings (SSSR count). The van der Waals surface area contributed by atoms with Gasteiger partial charge in [0.15, 0.2) is 0 Å². The monoisotopic (exact) mass is 416 g/mol. The third kappa shape index (κ3) is 4.12. The van der Waals surface area contributed by atoms with E-state index in [0.29, 0.717) is 17.5 Å². The predicted octanol–water partition coefficient (Wildman–Crippen LogP) is 4.47. The number of anilines is 1. The Hall–Kier alpha value is -3.42. The summed E-state index contributed by atoms with van der Waals surface area (Å²) in [6.45, 7) is 4.95. The van der Waals surface area contributed by atoms with Crippen molar-refractivity contribution in [3.8, 4) is 5.75 Å². The second-order valence-electron chi connectivity index (χ2n) is 7.03. The molecular formula is C22H22F2N2O4. The minimum Gasteiger partial charge on any atom is -0.497 e. The number of halogens is 2. The molecule has 2 amide bonds. The molecule has 1 N–H and O–H groups in total. The molecule has 1 aliphatic heterocycles. The molecule has 158 valence electrons. The zero-order valence-electron chi connectivity index (χ0n) is 17.0. The third-order valence-electron chi connectivity index (χ3n) is 4.65. The van der Waals surface area contributed by atoms with Gasteiger partial charge in [0.1, 0.15) is 17.4 Å². The van der Waals surface area contributed by atoms with Gasteiger partial charge in [-0.25, -0.2) is 18.4 Å². The largest absolute Gasteiger partial charge is 0.497 e. The van der Waals surface area contributed by atoms with E-state index in [1.54, 1.807) is 45.0 Å². The Bertz CT molecular complexity index is 1000. The summed E-state index contributed by atoms with van der Waals surface area (Å²) in [5.74, 6) is -1.73. The molecule has 6 nitrogen and oxygen atoms in total. The smallest absolute Gasteiger partial charge is 0.338 e. The van der Waals surface area contributed by atoms with Gasteiger partial charge in [-0.2, -0.15) is 0 Å². The lowest BCUT2D eigenvalue weighted by Gasteiger charge is -2.35. The van der Waals surface area contributed by atoms with Gasteiger partial charge in [0.2, 0.25) is 0 Å². The van der Waals surface area contributed by atoms with E-state index in [1.165, 1.54) is 18.1 Å². The molecule has 0 saturated heterocycles. The molecular weight excluding hydrogens is 394 g/mol. The van der Waals surface area contributed by atoms with Gasteiger partial charge in [-0.05, 0) is 51.1 Å². The number of benzene rings is 2. The maximum atomic E-state index is 14.5. The highest BCUT2D eigenvalue weighted by Gasteiger charge is 2.38. The average Bonchev–Trinajstić information content (AvgIpc) is 2.67. The van der Waals surface area contributed by atoms with Gasteiger partial charge in [-0.15, -0.1) is 0 Å². The number of urea groups is 1. The van der Waals surface area contributed by atoms with Crippen LogP contribution in [0.3, 0.4) is 0 Å². The molecule has 1 heterocycles. The lowest BCUT2D eigenvalue weighted by atomic mass is 9.94. The van der Waals surface area contributed by atoms with Gasteiger partial charge in [-0.1, -0.05) is 6.07 Å². The van der Waals surface area contributed by atoms with Crippen molar-refractivity contribution in [1.29, 1.82) is 0 Å². The zero-order valence-corrected chi connectivity index (χ0v) is 17.0. The number of esters is 1. The fraction of sp³-hybridized carbons (Fsp3) is 0.273. The number of ether oxygens (including phenoxy) is 2. The van der Waals surface area contributed by atoms with E-state index >= 15 is 0 Å². The second kappa shape index (κ2) is 8.52. The van der Waals surface area contributed by atoms with Crippen molar-refractivity contribution in [2.75, 3.05) is 12.0 Å². The lowest BCUT2D eigenvalue weighted by molar-refractivity contribution is -0.143. The van der Waals surface area contributed by atoms with E-state index in [4.69, 9.17) is 9.47 Å². The van der Waals surface area contributed by atoms with Gasteiger partial charge in [-0.3, -0.25) is 4.90 Å². The standard InChI is InChI=1S/C22H22F2N2O4/c1-12(2)30-21(27)19-13(3)26(15-6-8-16(29-4)9-7-15)22(28)25-20(19)17-10-5-14(23)11-18(17)24/h5-12,20H,1-4H3,(H,25,28). The van der Waals surface area contributed by atoms with Crippen molar-refractivity contribution in [3.05, 3.63) is 70.9 Å². The molecule has 1 atom stereocenters. The van der Waals surface area contributed by atoms with Crippen molar-refractivity contribution < 1.29 is 27.8 Å². The van der Waals surface area contributed by atoms with E-state index in [2.05, 4.69) is 5.32 Å². The van der Waals surface area contributed by atoms with Gasteiger partial charge in [0.05, 0.1) is 30.5 Å². The van der Waals surface area contributed by atoms with Crippen molar-refractivity contribution >= 4 is 17.7 Å². The van der Waals surface area contributed by atoms with Crippen LogP contribution in [0.4, 0.5) is 19.3 Å².